The van der Waals surface area contributed by atoms with Gasteiger partial charge in [-0.15, -0.1) is 0 Å². The van der Waals surface area contributed by atoms with Gasteiger partial charge in [0.05, 0.1) is 10.0 Å². The number of nitrogens with zero attached hydrogens (tertiary/aromatic N) is 1. The van der Waals surface area contributed by atoms with Crippen LogP contribution >= 0.6 is 23.2 Å². The Morgan fingerprint density at radius 2 is 1.81 bits per heavy atom. The van der Waals surface area contributed by atoms with E-state index in [9.17, 15) is 0 Å². The largest absolute Gasteiger partial charge is 0.374 e. The molecule has 3 nitrogen and oxygen atoms in total. The van der Waals surface area contributed by atoms with Crippen LogP contribution in [0, 0.1) is 0 Å². The van der Waals surface area contributed by atoms with Crippen LogP contribution in [0.4, 0.5) is 0 Å². The highest BCUT2D eigenvalue weighted by molar-refractivity contribution is 6.35. The van der Waals surface area contributed by atoms with Crippen molar-refractivity contribution in [1.29, 1.82) is 0 Å². The Morgan fingerprint density at radius 1 is 1.19 bits per heavy atom. The maximum absolute atomic E-state index is 6.14. The van der Waals surface area contributed by atoms with Crippen LogP contribution < -0.4 is 0 Å². The zero-order valence-electron chi connectivity index (χ0n) is 12.0. The Bertz CT molecular complexity index is 576. The molecule has 1 heterocycles. The molecule has 2 unspecified atom stereocenters. The van der Waals surface area contributed by atoms with Gasteiger partial charge in [0.25, 0.3) is 0 Å². The number of hydrogen-bond acceptors (Lipinski definition) is 3. The summed E-state index contributed by atoms with van der Waals surface area (Å²) in [6, 6.07) is 0. The molecule has 2 rings (SSSR count). The van der Waals surface area contributed by atoms with Crippen molar-refractivity contribution in [1.82, 2.24) is 4.98 Å². The minimum atomic E-state index is -0.130. The van der Waals surface area contributed by atoms with Crippen LogP contribution in [0.2, 0.25) is 10.0 Å². The van der Waals surface area contributed by atoms with Crippen molar-refractivity contribution in [2.45, 2.75) is 18.6 Å². The van der Waals surface area contributed by atoms with Gasteiger partial charge in [-0.3, -0.25) is 4.98 Å². The lowest BCUT2D eigenvalue weighted by atomic mass is 9.93. The molecule has 0 N–H and O–H groups in total. The van der Waals surface area contributed by atoms with Gasteiger partial charge in [-0.2, -0.15) is 0 Å². The van der Waals surface area contributed by atoms with Crippen molar-refractivity contribution in [2.75, 3.05) is 14.2 Å². The van der Waals surface area contributed by atoms with Crippen molar-refractivity contribution in [3.8, 4) is 0 Å². The number of methoxy groups -OCH3 is 2. The maximum Gasteiger partial charge on any atom is 0.106 e. The second kappa shape index (κ2) is 7.23. The second-order valence-electron chi connectivity index (χ2n) is 4.74. The Kier molecular flexibility index (Phi) is 5.59. The van der Waals surface area contributed by atoms with Gasteiger partial charge in [-0.1, -0.05) is 41.9 Å². The average Bonchev–Trinajstić information content (AvgIpc) is 2.50. The quantitative estimate of drug-likeness (QED) is 0.819. The van der Waals surface area contributed by atoms with E-state index in [1.54, 1.807) is 26.6 Å². The van der Waals surface area contributed by atoms with Gasteiger partial charge in [-0.05, 0) is 22.8 Å². The van der Waals surface area contributed by atoms with Crippen LogP contribution in [0.1, 0.15) is 5.56 Å². The fraction of sp³-hybridized carbons (Fsp3) is 0.312. The molecule has 1 aromatic rings. The zero-order valence-corrected chi connectivity index (χ0v) is 13.5. The van der Waals surface area contributed by atoms with Crippen molar-refractivity contribution >= 4 is 23.2 Å². The highest BCUT2D eigenvalue weighted by Gasteiger charge is 2.21. The third kappa shape index (κ3) is 3.74. The number of ether oxygens (including phenoxy) is 2. The van der Waals surface area contributed by atoms with Crippen LogP contribution in [0.15, 0.2) is 48.3 Å². The van der Waals surface area contributed by atoms with Gasteiger partial charge in [0.15, 0.2) is 0 Å². The van der Waals surface area contributed by atoms with Crippen molar-refractivity contribution in [2.24, 2.45) is 0 Å². The molecule has 112 valence electrons. The number of aromatic nitrogens is 1. The first-order chi connectivity index (χ1) is 10.1. The van der Waals surface area contributed by atoms with Gasteiger partial charge in [-0.25, -0.2) is 0 Å². The lowest BCUT2D eigenvalue weighted by molar-refractivity contribution is 0.0135. The first-order valence-corrected chi connectivity index (χ1v) is 7.24. The van der Waals surface area contributed by atoms with Crippen LogP contribution in [0.3, 0.4) is 0 Å². The molecule has 0 aromatic carbocycles. The first kappa shape index (κ1) is 16.2. The molecule has 2 atom stereocenters. The number of rotatable bonds is 5. The van der Waals surface area contributed by atoms with E-state index in [4.69, 9.17) is 32.7 Å². The van der Waals surface area contributed by atoms with Crippen LogP contribution in [-0.2, 0) is 15.9 Å². The standard InChI is InChI=1S/C16H17Cl2NO2/c1-10(6-12-13(17)8-19-9-14(12)18)11-4-5-15(20-2)16(7-11)21-3/h4-5,7-9,15-16H,1,6H2,2-3H3. The minimum absolute atomic E-state index is 0.0837. The van der Waals surface area contributed by atoms with E-state index in [0.717, 1.165) is 16.7 Å². The highest BCUT2D eigenvalue weighted by Crippen LogP contribution is 2.29. The smallest absolute Gasteiger partial charge is 0.106 e. The number of pyridine rings is 1. The van der Waals surface area contributed by atoms with Crippen LogP contribution in [0.5, 0.6) is 0 Å². The minimum Gasteiger partial charge on any atom is -0.374 e. The van der Waals surface area contributed by atoms with E-state index in [0.29, 0.717) is 16.5 Å². The molecule has 0 fully saturated rings. The molecule has 0 radical (unpaired) electrons. The predicted octanol–water partition coefficient (Wildman–Crippen LogP) is 4.01. The predicted molar refractivity (Wildman–Crippen MR) is 85.9 cm³/mol. The normalized spacial score (nSPS) is 21.2. The first-order valence-electron chi connectivity index (χ1n) is 6.48. The van der Waals surface area contributed by atoms with E-state index >= 15 is 0 Å². The molecule has 0 spiro atoms. The molecule has 5 heteroatoms. The molecule has 0 aliphatic heterocycles. The van der Waals surface area contributed by atoms with Crippen molar-refractivity contribution in [3.05, 3.63) is 64.0 Å². The number of halogens is 2. The van der Waals surface area contributed by atoms with Crippen molar-refractivity contribution in [3.63, 3.8) is 0 Å². The fourth-order valence-electron chi connectivity index (χ4n) is 2.21. The van der Waals surface area contributed by atoms with Crippen LogP contribution in [0.25, 0.3) is 0 Å². The Labute approximate surface area is 134 Å². The van der Waals surface area contributed by atoms with E-state index in [2.05, 4.69) is 11.6 Å². The Hall–Kier alpha value is -1.13. The van der Waals surface area contributed by atoms with E-state index < -0.39 is 0 Å². The summed E-state index contributed by atoms with van der Waals surface area (Å²) < 4.78 is 10.8. The third-order valence-electron chi connectivity index (χ3n) is 3.43. The molecule has 21 heavy (non-hydrogen) atoms. The highest BCUT2D eigenvalue weighted by atomic mass is 35.5. The molecule has 1 aliphatic rings. The second-order valence-corrected chi connectivity index (χ2v) is 5.56. The summed E-state index contributed by atoms with van der Waals surface area (Å²) >= 11 is 12.3. The molecular weight excluding hydrogens is 309 g/mol. The van der Waals surface area contributed by atoms with Crippen LogP contribution in [-0.4, -0.2) is 31.4 Å². The molecule has 0 saturated carbocycles. The lowest BCUT2D eigenvalue weighted by Crippen LogP contribution is -2.28. The molecule has 1 aliphatic carbocycles. The van der Waals surface area contributed by atoms with Crippen molar-refractivity contribution < 1.29 is 9.47 Å². The lowest BCUT2D eigenvalue weighted by Gasteiger charge is -2.24. The van der Waals surface area contributed by atoms with Gasteiger partial charge in [0, 0.05) is 33.0 Å². The summed E-state index contributed by atoms with van der Waals surface area (Å²) in [5, 5.41) is 1.09. The number of hydrogen-bond donors (Lipinski definition) is 0. The SMILES string of the molecule is C=C(Cc1c(Cl)cncc1Cl)C1=CC(OC)C(OC)C=C1. The zero-order chi connectivity index (χ0) is 15.4. The van der Waals surface area contributed by atoms with E-state index in [-0.39, 0.29) is 12.2 Å². The van der Waals surface area contributed by atoms with E-state index in [1.165, 1.54) is 0 Å². The summed E-state index contributed by atoms with van der Waals surface area (Å²) in [4.78, 5) is 3.95. The topological polar surface area (TPSA) is 31.4 Å². The fourth-order valence-corrected chi connectivity index (χ4v) is 2.71. The molecule has 1 aromatic heterocycles. The number of allylic oxidation sites excluding steroid dienone is 3. The molecule has 0 amide bonds. The Balaban J connectivity index is 2.18. The van der Waals surface area contributed by atoms with Gasteiger partial charge < -0.3 is 9.47 Å². The Morgan fingerprint density at radius 3 is 2.38 bits per heavy atom. The van der Waals surface area contributed by atoms with E-state index in [1.807, 2.05) is 18.2 Å². The molecule has 0 bridgehead atoms. The summed E-state index contributed by atoms with van der Waals surface area (Å²) in [6.07, 6.45) is 9.46. The summed E-state index contributed by atoms with van der Waals surface area (Å²) in [5.74, 6) is 0. The molecular formula is C16H17Cl2NO2. The summed E-state index contributed by atoms with van der Waals surface area (Å²) in [5.41, 5.74) is 2.74. The maximum atomic E-state index is 6.14. The van der Waals surface area contributed by atoms with Gasteiger partial charge >= 0.3 is 0 Å². The average molecular weight is 326 g/mol. The summed E-state index contributed by atoms with van der Waals surface area (Å²) in [6.45, 7) is 4.12. The van der Waals surface area contributed by atoms with Gasteiger partial charge in [0.1, 0.15) is 12.2 Å². The van der Waals surface area contributed by atoms with Gasteiger partial charge in [0.2, 0.25) is 0 Å². The summed E-state index contributed by atoms with van der Waals surface area (Å²) in [7, 11) is 3.31. The monoisotopic (exact) mass is 325 g/mol. The molecule has 0 saturated heterocycles. The third-order valence-corrected chi connectivity index (χ3v) is 4.08.